The third-order valence-electron chi connectivity index (χ3n) is 3.77. The normalized spacial score (nSPS) is 12.0. The first-order valence-corrected chi connectivity index (χ1v) is 7.37. The van der Waals surface area contributed by atoms with Gasteiger partial charge in [0, 0.05) is 24.3 Å². The van der Waals surface area contributed by atoms with Crippen LogP contribution in [0.4, 0.5) is 5.69 Å². The Hall–Kier alpha value is -2.00. The van der Waals surface area contributed by atoms with Gasteiger partial charge in [0.25, 0.3) is 0 Å². The van der Waals surface area contributed by atoms with Gasteiger partial charge in [0.2, 0.25) is 0 Å². The summed E-state index contributed by atoms with van der Waals surface area (Å²) in [4.78, 5) is 2.32. The number of methoxy groups -OCH3 is 1. The summed E-state index contributed by atoms with van der Waals surface area (Å²) in [6, 6.07) is 16.7. The highest BCUT2D eigenvalue weighted by atomic mass is 16.5. The number of para-hydroxylation sites is 1. The number of rotatable bonds is 6. The molecule has 0 fully saturated rings. The van der Waals surface area contributed by atoms with Crippen molar-refractivity contribution in [3.63, 3.8) is 0 Å². The number of anilines is 1. The molecule has 2 N–H and O–H groups in total. The van der Waals surface area contributed by atoms with Gasteiger partial charge in [-0.3, -0.25) is 0 Å². The van der Waals surface area contributed by atoms with Gasteiger partial charge in [0.1, 0.15) is 5.75 Å². The quantitative estimate of drug-likeness (QED) is 0.882. The lowest BCUT2D eigenvalue weighted by Crippen LogP contribution is -2.34. The number of ether oxygens (including phenoxy) is 1. The highest BCUT2D eigenvalue weighted by molar-refractivity contribution is 5.52. The third-order valence-corrected chi connectivity index (χ3v) is 3.77. The van der Waals surface area contributed by atoms with E-state index in [1.54, 1.807) is 7.11 Å². The van der Waals surface area contributed by atoms with Gasteiger partial charge in [-0.05, 0) is 37.6 Å². The predicted molar refractivity (Wildman–Crippen MR) is 89.0 cm³/mol. The Morgan fingerprint density at radius 2 is 1.90 bits per heavy atom. The lowest BCUT2D eigenvalue weighted by molar-refractivity contribution is 0.404. The van der Waals surface area contributed by atoms with Gasteiger partial charge in [-0.25, -0.2) is 0 Å². The minimum Gasteiger partial charge on any atom is -0.496 e. The molecule has 21 heavy (non-hydrogen) atoms. The van der Waals surface area contributed by atoms with Gasteiger partial charge in [-0.2, -0.15) is 0 Å². The fourth-order valence-electron chi connectivity index (χ4n) is 2.75. The average molecular weight is 284 g/mol. The van der Waals surface area contributed by atoms with E-state index in [1.165, 1.54) is 11.3 Å². The van der Waals surface area contributed by atoms with Crippen molar-refractivity contribution in [3.05, 3.63) is 59.7 Å². The maximum Gasteiger partial charge on any atom is 0.124 e. The van der Waals surface area contributed by atoms with E-state index in [-0.39, 0.29) is 6.04 Å². The third kappa shape index (κ3) is 3.37. The van der Waals surface area contributed by atoms with E-state index in [2.05, 4.69) is 49.1 Å². The van der Waals surface area contributed by atoms with Gasteiger partial charge in [0.05, 0.1) is 13.2 Å². The van der Waals surface area contributed by atoms with Crippen LogP contribution in [0.25, 0.3) is 0 Å². The van der Waals surface area contributed by atoms with Crippen molar-refractivity contribution in [2.45, 2.75) is 19.9 Å². The smallest absolute Gasteiger partial charge is 0.124 e. The maximum absolute atomic E-state index is 6.08. The second kappa shape index (κ2) is 7.14. The lowest BCUT2D eigenvalue weighted by atomic mass is 10.0. The van der Waals surface area contributed by atoms with Crippen molar-refractivity contribution in [2.75, 3.05) is 25.1 Å². The van der Waals surface area contributed by atoms with E-state index in [0.717, 1.165) is 17.9 Å². The van der Waals surface area contributed by atoms with E-state index >= 15 is 0 Å². The molecule has 0 aliphatic carbocycles. The van der Waals surface area contributed by atoms with Gasteiger partial charge in [0.15, 0.2) is 0 Å². The van der Waals surface area contributed by atoms with Crippen molar-refractivity contribution >= 4 is 5.69 Å². The van der Waals surface area contributed by atoms with Crippen LogP contribution in [0.1, 0.15) is 24.1 Å². The van der Waals surface area contributed by atoms with Gasteiger partial charge in [-0.1, -0.05) is 30.3 Å². The SMILES string of the molecule is CCN(c1cccc(C)c1)C(CN)c1ccccc1OC. The highest BCUT2D eigenvalue weighted by Gasteiger charge is 2.21. The van der Waals surface area contributed by atoms with Crippen molar-refractivity contribution < 1.29 is 4.74 Å². The molecule has 1 unspecified atom stereocenters. The lowest BCUT2D eigenvalue weighted by Gasteiger charge is -2.33. The van der Waals surface area contributed by atoms with Crippen LogP contribution in [-0.2, 0) is 0 Å². The van der Waals surface area contributed by atoms with E-state index in [0.29, 0.717) is 6.54 Å². The molecular formula is C18H24N2O. The number of benzene rings is 2. The zero-order valence-corrected chi connectivity index (χ0v) is 13.0. The number of hydrogen-bond acceptors (Lipinski definition) is 3. The topological polar surface area (TPSA) is 38.5 Å². The first-order chi connectivity index (χ1) is 10.2. The van der Waals surface area contributed by atoms with Crippen LogP contribution in [0.5, 0.6) is 5.75 Å². The molecule has 2 aromatic rings. The molecule has 2 aromatic carbocycles. The summed E-state index contributed by atoms with van der Waals surface area (Å²) in [5, 5.41) is 0. The molecule has 112 valence electrons. The van der Waals surface area contributed by atoms with Crippen LogP contribution in [0, 0.1) is 6.92 Å². The molecule has 0 saturated carbocycles. The molecule has 1 atom stereocenters. The Morgan fingerprint density at radius 3 is 2.52 bits per heavy atom. The Bertz CT molecular complexity index is 583. The van der Waals surface area contributed by atoms with Gasteiger partial charge >= 0.3 is 0 Å². The maximum atomic E-state index is 6.08. The Balaban J connectivity index is 2.42. The van der Waals surface area contributed by atoms with Crippen LogP contribution in [-0.4, -0.2) is 20.2 Å². The molecule has 0 radical (unpaired) electrons. The fraction of sp³-hybridized carbons (Fsp3) is 0.333. The fourth-order valence-corrected chi connectivity index (χ4v) is 2.75. The van der Waals surface area contributed by atoms with Gasteiger partial charge < -0.3 is 15.4 Å². The zero-order valence-electron chi connectivity index (χ0n) is 13.0. The van der Waals surface area contributed by atoms with E-state index in [1.807, 2.05) is 18.2 Å². The molecule has 0 aliphatic rings. The number of aryl methyl sites for hydroxylation is 1. The molecule has 0 heterocycles. The summed E-state index contributed by atoms with van der Waals surface area (Å²) in [6.07, 6.45) is 0. The standard InChI is InChI=1S/C18H24N2O/c1-4-20(15-9-7-8-14(2)12-15)17(13-19)16-10-5-6-11-18(16)21-3/h5-12,17H,4,13,19H2,1-3H3. The first kappa shape index (κ1) is 15.4. The molecule has 0 bridgehead atoms. The van der Waals surface area contributed by atoms with Crippen LogP contribution in [0.3, 0.4) is 0 Å². The summed E-state index contributed by atoms with van der Waals surface area (Å²) >= 11 is 0. The molecule has 0 spiro atoms. The van der Waals surface area contributed by atoms with Crippen molar-refractivity contribution in [3.8, 4) is 5.75 Å². The van der Waals surface area contributed by atoms with Crippen LogP contribution < -0.4 is 15.4 Å². The number of nitrogens with two attached hydrogens (primary N) is 1. The van der Waals surface area contributed by atoms with Crippen LogP contribution >= 0.6 is 0 Å². The van der Waals surface area contributed by atoms with E-state index in [9.17, 15) is 0 Å². The number of likely N-dealkylation sites (N-methyl/N-ethyl adjacent to an activating group) is 1. The number of nitrogens with zero attached hydrogens (tertiary/aromatic N) is 1. The summed E-state index contributed by atoms with van der Waals surface area (Å²) in [5.74, 6) is 0.888. The second-order valence-electron chi connectivity index (χ2n) is 5.12. The molecule has 0 aromatic heterocycles. The van der Waals surface area contributed by atoms with E-state index < -0.39 is 0 Å². The van der Waals surface area contributed by atoms with Crippen molar-refractivity contribution in [1.82, 2.24) is 0 Å². The van der Waals surface area contributed by atoms with Crippen LogP contribution in [0.15, 0.2) is 48.5 Å². The zero-order chi connectivity index (χ0) is 15.2. The summed E-state index contributed by atoms with van der Waals surface area (Å²) in [6.45, 7) is 5.70. The predicted octanol–water partition coefficient (Wildman–Crippen LogP) is 3.53. The molecule has 0 aliphatic heterocycles. The van der Waals surface area contributed by atoms with Crippen molar-refractivity contribution in [2.24, 2.45) is 5.73 Å². The van der Waals surface area contributed by atoms with Gasteiger partial charge in [-0.15, -0.1) is 0 Å². The molecule has 0 amide bonds. The molecule has 3 heteroatoms. The molecule has 0 saturated heterocycles. The van der Waals surface area contributed by atoms with Crippen LogP contribution in [0.2, 0.25) is 0 Å². The molecular weight excluding hydrogens is 260 g/mol. The summed E-state index contributed by atoms with van der Waals surface area (Å²) in [5.41, 5.74) is 9.66. The molecule has 3 nitrogen and oxygen atoms in total. The Kier molecular flexibility index (Phi) is 5.23. The minimum atomic E-state index is 0.105. The second-order valence-corrected chi connectivity index (χ2v) is 5.12. The monoisotopic (exact) mass is 284 g/mol. The highest BCUT2D eigenvalue weighted by Crippen LogP contribution is 2.32. The Labute approximate surface area is 127 Å². The van der Waals surface area contributed by atoms with Crippen molar-refractivity contribution in [1.29, 1.82) is 0 Å². The average Bonchev–Trinajstić information content (AvgIpc) is 2.52. The Morgan fingerprint density at radius 1 is 1.14 bits per heavy atom. The number of hydrogen-bond donors (Lipinski definition) is 1. The summed E-state index contributed by atoms with van der Waals surface area (Å²) in [7, 11) is 1.70. The minimum absolute atomic E-state index is 0.105. The first-order valence-electron chi connectivity index (χ1n) is 7.37. The van der Waals surface area contributed by atoms with E-state index in [4.69, 9.17) is 10.5 Å². The largest absolute Gasteiger partial charge is 0.496 e. The summed E-state index contributed by atoms with van der Waals surface area (Å²) < 4.78 is 5.50. The molecule has 2 rings (SSSR count).